The minimum atomic E-state index is 0.496. The number of methoxy groups -OCH3 is 3. The fourth-order valence-electron chi connectivity index (χ4n) is 1.75. The Morgan fingerprint density at radius 1 is 1.00 bits per heavy atom. The first-order valence-electron chi connectivity index (χ1n) is 5.20. The molecule has 0 spiro atoms. The standard InChI is InChI=1S/C12H19NO3/c1-14-8-10-9(6-7-13)11(15-2)4-5-12(10)16-3/h4-5H,6-8,13H2,1-3H3. The minimum Gasteiger partial charge on any atom is -0.496 e. The predicted molar refractivity (Wildman–Crippen MR) is 63.0 cm³/mol. The lowest BCUT2D eigenvalue weighted by atomic mass is 10.0. The van der Waals surface area contributed by atoms with E-state index in [0.717, 1.165) is 29.0 Å². The predicted octanol–water partition coefficient (Wildman–Crippen LogP) is 1.35. The van der Waals surface area contributed by atoms with Crippen molar-refractivity contribution in [3.05, 3.63) is 23.3 Å². The molecular weight excluding hydrogens is 206 g/mol. The molecule has 0 aliphatic carbocycles. The number of rotatable bonds is 6. The molecule has 0 aliphatic heterocycles. The molecule has 1 aromatic rings. The SMILES string of the molecule is COCc1c(OC)ccc(OC)c1CCN. The average molecular weight is 225 g/mol. The molecule has 4 nitrogen and oxygen atoms in total. The molecular formula is C12H19NO3. The van der Waals surface area contributed by atoms with Gasteiger partial charge in [0.05, 0.1) is 20.8 Å². The Morgan fingerprint density at radius 2 is 1.56 bits per heavy atom. The fraction of sp³-hybridized carbons (Fsp3) is 0.500. The maximum Gasteiger partial charge on any atom is 0.124 e. The molecule has 0 bridgehead atoms. The van der Waals surface area contributed by atoms with E-state index in [1.807, 2.05) is 12.1 Å². The summed E-state index contributed by atoms with van der Waals surface area (Å²) in [6.45, 7) is 1.07. The maximum absolute atomic E-state index is 5.60. The van der Waals surface area contributed by atoms with Gasteiger partial charge in [0.1, 0.15) is 11.5 Å². The summed E-state index contributed by atoms with van der Waals surface area (Å²) in [5.74, 6) is 1.64. The van der Waals surface area contributed by atoms with Crippen molar-refractivity contribution in [1.29, 1.82) is 0 Å². The summed E-state index contributed by atoms with van der Waals surface area (Å²) in [5.41, 5.74) is 7.67. The summed E-state index contributed by atoms with van der Waals surface area (Å²) in [4.78, 5) is 0. The molecule has 0 saturated carbocycles. The first-order chi connectivity index (χ1) is 7.78. The van der Waals surface area contributed by atoms with E-state index in [9.17, 15) is 0 Å². The second kappa shape index (κ2) is 6.35. The Morgan fingerprint density at radius 3 is 2.00 bits per heavy atom. The summed E-state index contributed by atoms with van der Waals surface area (Å²) in [7, 11) is 4.96. The van der Waals surface area contributed by atoms with E-state index < -0.39 is 0 Å². The van der Waals surface area contributed by atoms with Crippen LogP contribution in [0.1, 0.15) is 11.1 Å². The number of hydrogen-bond acceptors (Lipinski definition) is 4. The second-order valence-electron chi connectivity index (χ2n) is 3.40. The molecule has 0 radical (unpaired) electrons. The van der Waals surface area contributed by atoms with E-state index in [-0.39, 0.29) is 0 Å². The van der Waals surface area contributed by atoms with Gasteiger partial charge in [-0.2, -0.15) is 0 Å². The van der Waals surface area contributed by atoms with Gasteiger partial charge in [0.15, 0.2) is 0 Å². The van der Waals surface area contributed by atoms with Crippen molar-refractivity contribution in [3.63, 3.8) is 0 Å². The van der Waals surface area contributed by atoms with Gasteiger partial charge in [0.2, 0.25) is 0 Å². The normalized spacial score (nSPS) is 10.2. The lowest BCUT2D eigenvalue weighted by Crippen LogP contribution is -2.09. The van der Waals surface area contributed by atoms with E-state index in [1.54, 1.807) is 21.3 Å². The van der Waals surface area contributed by atoms with Gasteiger partial charge in [-0.25, -0.2) is 0 Å². The maximum atomic E-state index is 5.60. The zero-order chi connectivity index (χ0) is 12.0. The molecule has 1 aromatic carbocycles. The van der Waals surface area contributed by atoms with Crippen LogP contribution in [-0.2, 0) is 17.8 Å². The molecule has 2 N–H and O–H groups in total. The van der Waals surface area contributed by atoms with Crippen LogP contribution in [0.2, 0.25) is 0 Å². The van der Waals surface area contributed by atoms with Crippen LogP contribution in [0.4, 0.5) is 0 Å². The highest BCUT2D eigenvalue weighted by Gasteiger charge is 2.13. The molecule has 16 heavy (non-hydrogen) atoms. The smallest absolute Gasteiger partial charge is 0.124 e. The molecule has 1 rings (SSSR count). The lowest BCUT2D eigenvalue weighted by Gasteiger charge is -2.16. The number of nitrogens with two attached hydrogens (primary N) is 1. The number of ether oxygens (including phenoxy) is 3. The Bertz CT molecular complexity index is 306. The van der Waals surface area contributed by atoms with Crippen LogP contribution in [-0.4, -0.2) is 27.9 Å². The van der Waals surface area contributed by atoms with Crippen LogP contribution in [0.3, 0.4) is 0 Å². The molecule has 4 heteroatoms. The van der Waals surface area contributed by atoms with Gasteiger partial charge in [0.25, 0.3) is 0 Å². The van der Waals surface area contributed by atoms with Gasteiger partial charge in [-0.3, -0.25) is 0 Å². The molecule has 0 unspecified atom stereocenters. The van der Waals surface area contributed by atoms with Crippen molar-refractivity contribution in [2.24, 2.45) is 5.73 Å². The van der Waals surface area contributed by atoms with Crippen LogP contribution in [0.15, 0.2) is 12.1 Å². The molecule has 0 saturated heterocycles. The zero-order valence-corrected chi connectivity index (χ0v) is 10.1. The monoisotopic (exact) mass is 225 g/mol. The van der Waals surface area contributed by atoms with Crippen molar-refractivity contribution in [2.45, 2.75) is 13.0 Å². The number of benzene rings is 1. The van der Waals surface area contributed by atoms with Crippen molar-refractivity contribution < 1.29 is 14.2 Å². The summed E-state index contributed by atoms with van der Waals surface area (Å²) in [5, 5.41) is 0. The Kier molecular flexibility index (Phi) is 5.08. The largest absolute Gasteiger partial charge is 0.496 e. The van der Waals surface area contributed by atoms with Crippen molar-refractivity contribution in [2.75, 3.05) is 27.9 Å². The molecule has 0 aromatic heterocycles. The highest BCUT2D eigenvalue weighted by molar-refractivity contribution is 5.48. The first-order valence-corrected chi connectivity index (χ1v) is 5.20. The van der Waals surface area contributed by atoms with Crippen LogP contribution in [0.25, 0.3) is 0 Å². The van der Waals surface area contributed by atoms with Gasteiger partial charge in [-0.15, -0.1) is 0 Å². The second-order valence-corrected chi connectivity index (χ2v) is 3.40. The summed E-state index contributed by atoms with van der Waals surface area (Å²) < 4.78 is 15.8. The zero-order valence-electron chi connectivity index (χ0n) is 10.1. The highest BCUT2D eigenvalue weighted by atomic mass is 16.5. The molecule has 0 heterocycles. The van der Waals surface area contributed by atoms with Crippen LogP contribution < -0.4 is 15.2 Å². The highest BCUT2D eigenvalue weighted by Crippen LogP contribution is 2.31. The van der Waals surface area contributed by atoms with Gasteiger partial charge in [0, 0.05) is 18.2 Å². The Labute approximate surface area is 96.3 Å². The van der Waals surface area contributed by atoms with Crippen LogP contribution in [0.5, 0.6) is 11.5 Å². The molecule has 90 valence electrons. The van der Waals surface area contributed by atoms with Crippen molar-refractivity contribution in [3.8, 4) is 11.5 Å². The third-order valence-electron chi connectivity index (χ3n) is 2.47. The van der Waals surface area contributed by atoms with E-state index in [0.29, 0.717) is 13.2 Å². The minimum absolute atomic E-state index is 0.496. The summed E-state index contributed by atoms with van der Waals surface area (Å²) >= 11 is 0. The lowest BCUT2D eigenvalue weighted by molar-refractivity contribution is 0.180. The van der Waals surface area contributed by atoms with E-state index >= 15 is 0 Å². The van der Waals surface area contributed by atoms with Gasteiger partial charge in [-0.05, 0) is 25.1 Å². The number of hydrogen-bond donors (Lipinski definition) is 1. The van der Waals surface area contributed by atoms with E-state index in [4.69, 9.17) is 19.9 Å². The Hall–Kier alpha value is -1.26. The van der Waals surface area contributed by atoms with Crippen molar-refractivity contribution >= 4 is 0 Å². The van der Waals surface area contributed by atoms with Gasteiger partial charge < -0.3 is 19.9 Å². The fourth-order valence-corrected chi connectivity index (χ4v) is 1.75. The summed E-state index contributed by atoms with van der Waals surface area (Å²) in [6.07, 6.45) is 0.749. The quantitative estimate of drug-likeness (QED) is 0.794. The van der Waals surface area contributed by atoms with Gasteiger partial charge in [-0.1, -0.05) is 0 Å². The molecule has 0 amide bonds. The average Bonchev–Trinajstić information content (AvgIpc) is 2.31. The van der Waals surface area contributed by atoms with Crippen molar-refractivity contribution in [1.82, 2.24) is 0 Å². The third kappa shape index (κ3) is 2.65. The third-order valence-corrected chi connectivity index (χ3v) is 2.47. The first kappa shape index (κ1) is 12.8. The summed E-state index contributed by atoms with van der Waals surface area (Å²) in [6, 6.07) is 3.77. The topological polar surface area (TPSA) is 53.7 Å². The molecule has 0 atom stereocenters. The molecule has 0 aliphatic rings. The Balaban J connectivity index is 3.22. The molecule has 0 fully saturated rings. The van der Waals surface area contributed by atoms with Crippen LogP contribution in [0, 0.1) is 0 Å². The van der Waals surface area contributed by atoms with E-state index in [1.165, 1.54) is 0 Å². The van der Waals surface area contributed by atoms with Gasteiger partial charge >= 0.3 is 0 Å². The van der Waals surface area contributed by atoms with Crippen LogP contribution >= 0.6 is 0 Å². The van der Waals surface area contributed by atoms with E-state index in [2.05, 4.69) is 0 Å².